The van der Waals surface area contributed by atoms with Crippen LogP contribution in [0.5, 0.6) is 0 Å². The van der Waals surface area contributed by atoms with E-state index in [1.807, 2.05) is 0 Å². The minimum atomic E-state index is -3.09. The molecule has 0 aliphatic carbocycles. The molecule has 0 amide bonds. The Morgan fingerprint density at radius 2 is 2.22 bits per heavy atom. The molecule has 0 aromatic carbocycles. The number of nitrogens with zero attached hydrogens (tertiary/aromatic N) is 2. The highest BCUT2D eigenvalue weighted by atomic mass is 35.5. The fourth-order valence-corrected chi connectivity index (χ4v) is 2.42. The molecule has 7 heteroatoms. The fourth-order valence-electron chi connectivity index (χ4n) is 1.38. The summed E-state index contributed by atoms with van der Waals surface area (Å²) >= 11 is 5.93. The van der Waals surface area contributed by atoms with E-state index in [1.165, 1.54) is 4.31 Å². The fraction of sp³-hybridized carbons (Fsp3) is 0.545. The quantitative estimate of drug-likeness (QED) is 0.779. The summed E-state index contributed by atoms with van der Waals surface area (Å²) in [7, 11) is -1.50. The predicted octanol–water partition coefficient (Wildman–Crippen LogP) is 1.82. The van der Waals surface area contributed by atoms with Gasteiger partial charge in [-0.05, 0) is 25.5 Å². The van der Waals surface area contributed by atoms with Gasteiger partial charge in [-0.15, -0.1) is 0 Å². The largest absolute Gasteiger partial charge is 0.369 e. The molecule has 1 N–H and O–H groups in total. The number of anilines is 1. The van der Waals surface area contributed by atoms with Crippen molar-refractivity contribution in [2.45, 2.75) is 13.3 Å². The molecule has 0 aliphatic heterocycles. The normalized spacial score (nSPS) is 11.8. The Morgan fingerprint density at radius 1 is 1.50 bits per heavy atom. The van der Waals surface area contributed by atoms with Gasteiger partial charge < -0.3 is 5.32 Å². The van der Waals surface area contributed by atoms with Crippen LogP contribution in [0.4, 0.5) is 5.82 Å². The van der Waals surface area contributed by atoms with Gasteiger partial charge in [0.05, 0.1) is 10.8 Å². The molecule has 1 rings (SSSR count). The maximum atomic E-state index is 11.5. The van der Waals surface area contributed by atoms with Crippen LogP contribution in [0.15, 0.2) is 18.3 Å². The van der Waals surface area contributed by atoms with Crippen molar-refractivity contribution in [3.05, 3.63) is 23.4 Å². The molecular weight excluding hydrogens is 274 g/mol. The van der Waals surface area contributed by atoms with Crippen molar-refractivity contribution in [3.8, 4) is 0 Å². The van der Waals surface area contributed by atoms with Gasteiger partial charge >= 0.3 is 0 Å². The molecule has 0 saturated carbocycles. The van der Waals surface area contributed by atoms with Crippen molar-refractivity contribution < 1.29 is 8.42 Å². The Hall–Kier alpha value is -0.850. The van der Waals surface area contributed by atoms with Gasteiger partial charge in [0.1, 0.15) is 5.82 Å². The summed E-state index contributed by atoms with van der Waals surface area (Å²) < 4.78 is 24.3. The van der Waals surface area contributed by atoms with Crippen LogP contribution < -0.4 is 5.32 Å². The molecule has 0 unspecified atom stereocenters. The third-order valence-corrected chi connectivity index (χ3v) is 4.71. The van der Waals surface area contributed by atoms with Crippen molar-refractivity contribution in [2.75, 3.05) is 31.2 Å². The van der Waals surface area contributed by atoms with Gasteiger partial charge in [0.15, 0.2) is 0 Å². The standard InChI is InChI=1S/C11H18ClN3O2S/c1-3-18(16,17)15(2)9-5-8-14-11-10(12)6-4-7-13-11/h4,6-7H,3,5,8-9H2,1-2H3,(H,13,14). The Balaban J connectivity index is 2.34. The molecule has 1 heterocycles. The molecule has 0 aliphatic rings. The molecule has 1 aromatic heterocycles. The molecule has 0 radical (unpaired) electrons. The first kappa shape index (κ1) is 15.2. The lowest BCUT2D eigenvalue weighted by Crippen LogP contribution is -2.30. The number of hydrogen-bond donors (Lipinski definition) is 1. The molecule has 1 aromatic rings. The Morgan fingerprint density at radius 3 is 2.83 bits per heavy atom. The number of halogens is 1. The van der Waals surface area contributed by atoms with Crippen LogP contribution in [0.25, 0.3) is 0 Å². The summed E-state index contributed by atoms with van der Waals surface area (Å²) in [6.07, 6.45) is 2.35. The lowest BCUT2D eigenvalue weighted by Gasteiger charge is -2.16. The average molecular weight is 292 g/mol. The zero-order valence-corrected chi connectivity index (χ0v) is 12.1. The lowest BCUT2D eigenvalue weighted by atomic mass is 10.4. The third kappa shape index (κ3) is 4.44. The maximum absolute atomic E-state index is 11.5. The molecule has 0 atom stereocenters. The van der Waals surface area contributed by atoms with Gasteiger partial charge in [0, 0.05) is 26.3 Å². The molecular formula is C11H18ClN3O2S. The van der Waals surface area contributed by atoms with Crippen LogP contribution in [0.3, 0.4) is 0 Å². The second-order valence-electron chi connectivity index (χ2n) is 3.84. The first-order chi connectivity index (χ1) is 8.47. The topological polar surface area (TPSA) is 62.3 Å². The van der Waals surface area contributed by atoms with Gasteiger partial charge in [0.2, 0.25) is 10.0 Å². The third-order valence-electron chi connectivity index (χ3n) is 2.54. The molecule has 5 nitrogen and oxygen atoms in total. The number of nitrogens with one attached hydrogen (secondary N) is 1. The van der Waals surface area contributed by atoms with Gasteiger partial charge in [-0.25, -0.2) is 17.7 Å². The van der Waals surface area contributed by atoms with Crippen LogP contribution in [0.2, 0.25) is 5.02 Å². The Bertz CT molecular complexity index is 479. The zero-order chi connectivity index (χ0) is 13.6. The SMILES string of the molecule is CCS(=O)(=O)N(C)CCCNc1ncccc1Cl. The first-order valence-corrected chi connectivity index (χ1v) is 7.74. The van der Waals surface area contributed by atoms with E-state index >= 15 is 0 Å². The summed E-state index contributed by atoms with van der Waals surface area (Å²) in [4.78, 5) is 4.08. The summed E-state index contributed by atoms with van der Waals surface area (Å²) in [5, 5.41) is 3.64. The molecule has 0 fully saturated rings. The number of aromatic nitrogens is 1. The summed E-state index contributed by atoms with van der Waals surface area (Å²) in [5.41, 5.74) is 0. The van der Waals surface area contributed by atoms with E-state index in [0.717, 1.165) is 0 Å². The van der Waals surface area contributed by atoms with Crippen molar-refractivity contribution in [2.24, 2.45) is 0 Å². The molecule has 0 bridgehead atoms. The Labute approximate surface area is 113 Å². The summed E-state index contributed by atoms with van der Waals surface area (Å²) in [6.45, 7) is 2.74. The van der Waals surface area contributed by atoms with Crippen molar-refractivity contribution >= 4 is 27.4 Å². The van der Waals surface area contributed by atoms with E-state index in [1.54, 1.807) is 32.3 Å². The van der Waals surface area contributed by atoms with E-state index in [9.17, 15) is 8.42 Å². The summed E-state index contributed by atoms with van der Waals surface area (Å²) in [5.74, 6) is 0.753. The van der Waals surface area contributed by atoms with E-state index in [2.05, 4.69) is 10.3 Å². The number of pyridine rings is 1. The average Bonchev–Trinajstić information content (AvgIpc) is 2.36. The highest BCUT2D eigenvalue weighted by Gasteiger charge is 2.13. The predicted molar refractivity (Wildman–Crippen MR) is 74.4 cm³/mol. The molecule has 102 valence electrons. The van der Waals surface area contributed by atoms with Gasteiger partial charge in [0.25, 0.3) is 0 Å². The van der Waals surface area contributed by atoms with E-state index in [-0.39, 0.29) is 5.75 Å². The van der Waals surface area contributed by atoms with Gasteiger partial charge in [-0.3, -0.25) is 0 Å². The number of sulfonamides is 1. The van der Waals surface area contributed by atoms with Crippen molar-refractivity contribution in [1.29, 1.82) is 0 Å². The maximum Gasteiger partial charge on any atom is 0.213 e. The van der Waals surface area contributed by atoms with Crippen molar-refractivity contribution in [1.82, 2.24) is 9.29 Å². The van der Waals surface area contributed by atoms with Crippen LogP contribution >= 0.6 is 11.6 Å². The second-order valence-corrected chi connectivity index (χ2v) is 6.61. The molecule has 0 spiro atoms. The van der Waals surface area contributed by atoms with Crippen LogP contribution in [-0.2, 0) is 10.0 Å². The molecule has 18 heavy (non-hydrogen) atoms. The minimum absolute atomic E-state index is 0.128. The zero-order valence-electron chi connectivity index (χ0n) is 10.6. The molecule has 0 saturated heterocycles. The van der Waals surface area contributed by atoms with Crippen LogP contribution in [0, 0.1) is 0 Å². The lowest BCUT2D eigenvalue weighted by molar-refractivity contribution is 0.466. The second kappa shape index (κ2) is 6.92. The van der Waals surface area contributed by atoms with Gasteiger partial charge in [-0.1, -0.05) is 11.6 Å². The van der Waals surface area contributed by atoms with Gasteiger partial charge in [-0.2, -0.15) is 0 Å². The van der Waals surface area contributed by atoms with Crippen molar-refractivity contribution in [3.63, 3.8) is 0 Å². The minimum Gasteiger partial charge on any atom is -0.369 e. The Kier molecular flexibility index (Phi) is 5.84. The van der Waals surface area contributed by atoms with E-state index < -0.39 is 10.0 Å². The van der Waals surface area contributed by atoms with E-state index in [0.29, 0.717) is 30.4 Å². The van der Waals surface area contributed by atoms with Crippen LogP contribution in [-0.4, -0.2) is 43.6 Å². The van der Waals surface area contributed by atoms with Crippen LogP contribution in [0.1, 0.15) is 13.3 Å². The number of rotatable bonds is 7. The highest BCUT2D eigenvalue weighted by Crippen LogP contribution is 2.16. The highest BCUT2D eigenvalue weighted by molar-refractivity contribution is 7.89. The smallest absolute Gasteiger partial charge is 0.213 e. The first-order valence-electron chi connectivity index (χ1n) is 5.75. The number of hydrogen-bond acceptors (Lipinski definition) is 4. The van der Waals surface area contributed by atoms with E-state index in [4.69, 9.17) is 11.6 Å². The summed E-state index contributed by atoms with van der Waals surface area (Å²) in [6, 6.07) is 3.51. The monoisotopic (exact) mass is 291 g/mol.